The second-order valence-electron chi connectivity index (χ2n) is 2.73. The van der Waals surface area contributed by atoms with Crippen molar-refractivity contribution in [2.45, 2.75) is 0 Å². The summed E-state index contributed by atoms with van der Waals surface area (Å²) >= 11 is 0. The number of carbonyl (C=O) groups excluding carboxylic acids is 1. The SMILES string of the molecule is CN(O)CC(=O)Nc1ccccc1. The van der Waals surface area contributed by atoms with Gasteiger partial charge in [-0.25, -0.2) is 0 Å². The van der Waals surface area contributed by atoms with E-state index in [0.717, 1.165) is 10.8 Å². The molecule has 13 heavy (non-hydrogen) atoms. The molecule has 0 bridgehead atoms. The minimum Gasteiger partial charge on any atom is -0.325 e. The minimum absolute atomic E-state index is 0.0328. The van der Waals surface area contributed by atoms with E-state index < -0.39 is 0 Å². The molecule has 0 aromatic heterocycles. The quantitative estimate of drug-likeness (QED) is 0.681. The molecule has 0 heterocycles. The topological polar surface area (TPSA) is 52.6 Å². The average Bonchev–Trinajstić information content (AvgIpc) is 2.04. The van der Waals surface area contributed by atoms with E-state index >= 15 is 0 Å². The van der Waals surface area contributed by atoms with Gasteiger partial charge >= 0.3 is 0 Å². The number of nitrogens with one attached hydrogen (secondary N) is 1. The molecule has 0 aliphatic carbocycles. The van der Waals surface area contributed by atoms with E-state index in [9.17, 15) is 4.79 Å². The number of para-hydroxylation sites is 1. The Hall–Kier alpha value is -1.39. The van der Waals surface area contributed by atoms with E-state index in [1.54, 1.807) is 12.1 Å². The van der Waals surface area contributed by atoms with Gasteiger partial charge in [0.05, 0.1) is 0 Å². The molecule has 0 fully saturated rings. The summed E-state index contributed by atoms with van der Waals surface area (Å²) in [6.45, 7) is -0.0328. The maximum atomic E-state index is 11.1. The second kappa shape index (κ2) is 4.59. The van der Waals surface area contributed by atoms with Crippen LogP contribution in [0.2, 0.25) is 0 Å². The Morgan fingerprint density at radius 2 is 2.08 bits per heavy atom. The van der Waals surface area contributed by atoms with Crippen LogP contribution in [-0.4, -0.2) is 29.8 Å². The fraction of sp³-hybridized carbons (Fsp3) is 0.222. The van der Waals surface area contributed by atoms with Gasteiger partial charge in [0.15, 0.2) is 0 Å². The molecule has 4 heteroatoms. The highest BCUT2D eigenvalue weighted by Crippen LogP contribution is 2.04. The van der Waals surface area contributed by atoms with Crippen molar-refractivity contribution >= 4 is 11.6 Å². The van der Waals surface area contributed by atoms with Gasteiger partial charge in [-0.3, -0.25) is 4.79 Å². The Kier molecular flexibility index (Phi) is 3.42. The van der Waals surface area contributed by atoms with Gasteiger partial charge in [0.25, 0.3) is 0 Å². The first-order valence-corrected chi connectivity index (χ1v) is 3.93. The van der Waals surface area contributed by atoms with Crippen molar-refractivity contribution in [3.05, 3.63) is 30.3 Å². The fourth-order valence-electron chi connectivity index (χ4n) is 0.930. The number of likely N-dealkylation sites (N-methyl/N-ethyl adjacent to an activating group) is 1. The van der Waals surface area contributed by atoms with Crippen LogP contribution >= 0.6 is 0 Å². The molecule has 2 N–H and O–H groups in total. The smallest absolute Gasteiger partial charge is 0.240 e. The summed E-state index contributed by atoms with van der Waals surface area (Å²) in [6, 6.07) is 9.11. The first kappa shape index (κ1) is 9.70. The maximum absolute atomic E-state index is 11.1. The van der Waals surface area contributed by atoms with E-state index in [-0.39, 0.29) is 12.5 Å². The van der Waals surface area contributed by atoms with Crippen LogP contribution in [-0.2, 0) is 4.79 Å². The summed E-state index contributed by atoms with van der Waals surface area (Å²) in [5.74, 6) is -0.240. The Labute approximate surface area is 76.7 Å². The Balaban J connectivity index is 2.46. The molecule has 0 aliphatic rings. The van der Waals surface area contributed by atoms with Crippen LogP contribution in [0, 0.1) is 0 Å². The molecule has 1 rings (SSSR count). The third kappa shape index (κ3) is 3.68. The molecule has 0 atom stereocenters. The van der Waals surface area contributed by atoms with Crippen molar-refractivity contribution < 1.29 is 10.0 Å². The molecule has 1 aromatic rings. The standard InChI is InChI=1S/C9H12N2O2/c1-11(13)7-9(12)10-8-5-3-2-4-6-8/h2-6,13H,7H2,1H3,(H,10,12). The van der Waals surface area contributed by atoms with Gasteiger partial charge in [0.2, 0.25) is 5.91 Å². The third-order valence-corrected chi connectivity index (χ3v) is 1.43. The molecule has 1 amide bonds. The number of hydrogen-bond acceptors (Lipinski definition) is 3. The first-order valence-electron chi connectivity index (χ1n) is 3.93. The van der Waals surface area contributed by atoms with Gasteiger partial charge in [-0.05, 0) is 12.1 Å². The molecule has 0 saturated heterocycles. The number of benzene rings is 1. The monoisotopic (exact) mass is 180 g/mol. The molecule has 0 spiro atoms. The number of hydrogen-bond donors (Lipinski definition) is 2. The van der Waals surface area contributed by atoms with Gasteiger partial charge < -0.3 is 10.5 Å². The van der Waals surface area contributed by atoms with Gasteiger partial charge in [-0.15, -0.1) is 0 Å². The molecule has 0 unspecified atom stereocenters. The predicted octanol–water partition coefficient (Wildman–Crippen LogP) is 0.946. The molecular formula is C9H12N2O2. The Bertz CT molecular complexity index is 272. The average molecular weight is 180 g/mol. The van der Waals surface area contributed by atoms with Crippen LogP contribution in [0.5, 0.6) is 0 Å². The predicted molar refractivity (Wildman–Crippen MR) is 49.5 cm³/mol. The third-order valence-electron chi connectivity index (χ3n) is 1.43. The zero-order chi connectivity index (χ0) is 9.68. The first-order chi connectivity index (χ1) is 6.18. The largest absolute Gasteiger partial charge is 0.325 e. The van der Waals surface area contributed by atoms with Gasteiger partial charge in [0, 0.05) is 12.7 Å². The zero-order valence-electron chi connectivity index (χ0n) is 7.40. The summed E-state index contributed by atoms with van der Waals surface area (Å²) in [5, 5.41) is 12.2. The van der Waals surface area contributed by atoms with Crippen molar-refractivity contribution in [1.29, 1.82) is 0 Å². The van der Waals surface area contributed by atoms with Gasteiger partial charge in [0.1, 0.15) is 6.54 Å². The number of amides is 1. The Morgan fingerprint density at radius 3 is 2.62 bits per heavy atom. The highest BCUT2D eigenvalue weighted by Gasteiger charge is 2.03. The van der Waals surface area contributed by atoms with E-state index in [1.165, 1.54) is 7.05 Å². The number of carbonyl (C=O) groups is 1. The lowest BCUT2D eigenvalue weighted by Crippen LogP contribution is -2.27. The molecular weight excluding hydrogens is 168 g/mol. The van der Waals surface area contributed by atoms with Crippen LogP contribution in [0.1, 0.15) is 0 Å². The lowest BCUT2D eigenvalue weighted by atomic mass is 10.3. The van der Waals surface area contributed by atoms with Gasteiger partial charge in [-0.1, -0.05) is 18.2 Å². The number of rotatable bonds is 3. The minimum atomic E-state index is -0.240. The normalized spacial score (nSPS) is 10.1. The maximum Gasteiger partial charge on any atom is 0.240 e. The summed E-state index contributed by atoms with van der Waals surface area (Å²) in [6.07, 6.45) is 0. The summed E-state index contributed by atoms with van der Waals surface area (Å²) in [4.78, 5) is 11.1. The molecule has 1 aromatic carbocycles. The van der Waals surface area contributed by atoms with Crippen LogP contribution in [0.25, 0.3) is 0 Å². The highest BCUT2D eigenvalue weighted by molar-refractivity contribution is 5.92. The summed E-state index contributed by atoms with van der Waals surface area (Å²) < 4.78 is 0. The van der Waals surface area contributed by atoms with Crippen molar-refractivity contribution in [1.82, 2.24) is 5.06 Å². The fourth-order valence-corrected chi connectivity index (χ4v) is 0.930. The molecule has 0 radical (unpaired) electrons. The molecule has 0 aliphatic heterocycles. The Morgan fingerprint density at radius 1 is 1.46 bits per heavy atom. The number of anilines is 1. The highest BCUT2D eigenvalue weighted by atomic mass is 16.5. The van der Waals surface area contributed by atoms with Crippen molar-refractivity contribution in [3.8, 4) is 0 Å². The van der Waals surface area contributed by atoms with E-state index in [2.05, 4.69) is 5.32 Å². The zero-order valence-corrected chi connectivity index (χ0v) is 7.40. The second-order valence-corrected chi connectivity index (χ2v) is 2.73. The molecule has 4 nitrogen and oxygen atoms in total. The van der Waals surface area contributed by atoms with E-state index in [1.807, 2.05) is 18.2 Å². The number of hydroxylamine groups is 2. The summed E-state index contributed by atoms with van der Waals surface area (Å²) in [5.41, 5.74) is 0.731. The van der Waals surface area contributed by atoms with Crippen LogP contribution in [0.3, 0.4) is 0 Å². The van der Waals surface area contributed by atoms with Crippen molar-refractivity contribution in [2.24, 2.45) is 0 Å². The van der Waals surface area contributed by atoms with Crippen molar-refractivity contribution in [2.75, 3.05) is 18.9 Å². The lowest BCUT2D eigenvalue weighted by Gasteiger charge is -2.08. The van der Waals surface area contributed by atoms with Crippen LogP contribution in [0.15, 0.2) is 30.3 Å². The van der Waals surface area contributed by atoms with E-state index in [4.69, 9.17) is 5.21 Å². The molecule has 0 saturated carbocycles. The molecule has 70 valence electrons. The van der Waals surface area contributed by atoms with Crippen molar-refractivity contribution in [3.63, 3.8) is 0 Å². The lowest BCUT2D eigenvalue weighted by molar-refractivity contribution is -0.128. The van der Waals surface area contributed by atoms with Crippen LogP contribution in [0.4, 0.5) is 5.69 Å². The van der Waals surface area contributed by atoms with E-state index in [0.29, 0.717) is 0 Å². The van der Waals surface area contributed by atoms with Gasteiger partial charge in [-0.2, -0.15) is 5.06 Å². The summed E-state index contributed by atoms with van der Waals surface area (Å²) in [7, 11) is 1.42. The van der Waals surface area contributed by atoms with Crippen LogP contribution < -0.4 is 5.32 Å². The number of nitrogens with zero attached hydrogens (tertiary/aromatic N) is 1.